The van der Waals surface area contributed by atoms with Gasteiger partial charge in [-0.05, 0) is 36.8 Å². The van der Waals surface area contributed by atoms with Crippen LogP contribution in [0.4, 0.5) is 0 Å². The van der Waals surface area contributed by atoms with E-state index in [0.717, 1.165) is 28.0 Å². The molecule has 0 aliphatic carbocycles. The summed E-state index contributed by atoms with van der Waals surface area (Å²) in [5.74, 6) is 1.43. The Hall–Kier alpha value is -2.24. The van der Waals surface area contributed by atoms with Gasteiger partial charge in [-0.1, -0.05) is 22.8 Å². The first kappa shape index (κ1) is 15.3. The first-order chi connectivity index (χ1) is 11.7. The zero-order valence-electron chi connectivity index (χ0n) is 13.1. The molecule has 124 valence electrons. The average Bonchev–Trinajstić information content (AvgIpc) is 2.59. The highest BCUT2D eigenvalue weighted by Gasteiger charge is 2.31. The van der Waals surface area contributed by atoms with Gasteiger partial charge >= 0.3 is 0 Å². The largest absolute Gasteiger partial charge is 0.484 e. The van der Waals surface area contributed by atoms with E-state index in [2.05, 4.69) is 5.16 Å². The number of rotatable bonds is 1. The Labute approximate surface area is 144 Å². The van der Waals surface area contributed by atoms with Crippen LogP contribution in [0.25, 0.3) is 0 Å². The number of nitrogens with zero attached hydrogens (tertiary/aromatic N) is 1. The van der Waals surface area contributed by atoms with Gasteiger partial charge in [0.05, 0.1) is 12.3 Å². The third kappa shape index (κ3) is 2.60. The van der Waals surface area contributed by atoms with E-state index in [1.165, 1.54) is 0 Å². The second-order valence-corrected chi connectivity index (χ2v) is 6.39. The molecular weight excluding hydrogens is 330 g/mol. The smallest absolute Gasteiger partial charge is 0.189 e. The highest BCUT2D eigenvalue weighted by Crippen LogP contribution is 2.42. The van der Waals surface area contributed by atoms with Crippen molar-refractivity contribution in [1.29, 1.82) is 0 Å². The van der Waals surface area contributed by atoms with E-state index in [9.17, 15) is 5.21 Å². The van der Waals surface area contributed by atoms with Crippen molar-refractivity contribution in [3.05, 3.63) is 57.6 Å². The van der Waals surface area contributed by atoms with Crippen molar-refractivity contribution in [3.8, 4) is 11.5 Å². The van der Waals surface area contributed by atoms with Gasteiger partial charge in [-0.25, -0.2) is 0 Å². The third-order valence-corrected chi connectivity index (χ3v) is 4.49. The molecule has 6 heteroatoms. The van der Waals surface area contributed by atoms with Crippen LogP contribution in [-0.2, 0) is 11.3 Å². The van der Waals surface area contributed by atoms with Crippen LogP contribution in [0.15, 0.2) is 35.5 Å². The number of fused-ring (bicyclic) bond motifs is 2. The maximum Gasteiger partial charge on any atom is 0.189 e. The van der Waals surface area contributed by atoms with Gasteiger partial charge < -0.3 is 19.4 Å². The maximum absolute atomic E-state index is 9.42. The molecule has 0 saturated carbocycles. The van der Waals surface area contributed by atoms with Crippen molar-refractivity contribution in [2.75, 3.05) is 6.79 Å². The second-order valence-electron chi connectivity index (χ2n) is 5.95. The van der Waals surface area contributed by atoms with Crippen molar-refractivity contribution >= 4 is 17.3 Å². The van der Waals surface area contributed by atoms with Crippen molar-refractivity contribution in [1.82, 2.24) is 0 Å². The zero-order chi connectivity index (χ0) is 16.7. The maximum atomic E-state index is 9.42. The predicted octanol–water partition coefficient (Wildman–Crippen LogP) is 4.22. The number of oxime groups is 1. The summed E-state index contributed by atoms with van der Waals surface area (Å²) < 4.78 is 17.2. The Morgan fingerprint density at radius 2 is 2.12 bits per heavy atom. The summed E-state index contributed by atoms with van der Waals surface area (Å²) in [6, 6.07) is 9.49. The molecular formula is C18H16ClNO4. The molecule has 0 bridgehead atoms. The van der Waals surface area contributed by atoms with Crippen LogP contribution in [0.5, 0.6) is 11.5 Å². The molecule has 2 aliphatic rings. The van der Waals surface area contributed by atoms with Crippen LogP contribution < -0.4 is 9.47 Å². The van der Waals surface area contributed by atoms with Crippen LogP contribution in [-0.4, -0.2) is 17.7 Å². The Bertz CT molecular complexity index is 834. The summed E-state index contributed by atoms with van der Waals surface area (Å²) in [4.78, 5) is 0. The molecule has 0 radical (unpaired) electrons. The number of ether oxygens (including phenoxy) is 3. The minimum Gasteiger partial charge on any atom is -0.484 e. The highest BCUT2D eigenvalue weighted by atomic mass is 35.5. The standard InChI is InChI=1S/C18H16ClNO4/c1-10-2-3-13-15(20-21)7-17(24-16(13)4-10)14-6-12(19)5-11-8-22-9-23-18(11)14/h2-6,17,21H,7-9H2,1H3/b20-15+/t17-/m0/s1. The van der Waals surface area contributed by atoms with E-state index in [4.69, 9.17) is 25.8 Å². The van der Waals surface area contributed by atoms with Crippen molar-refractivity contribution in [2.24, 2.45) is 5.16 Å². The normalized spacial score (nSPS) is 20.8. The van der Waals surface area contributed by atoms with Gasteiger partial charge in [-0.3, -0.25) is 0 Å². The fraction of sp³-hybridized carbons (Fsp3) is 0.278. The highest BCUT2D eigenvalue weighted by molar-refractivity contribution is 6.30. The summed E-state index contributed by atoms with van der Waals surface area (Å²) in [5.41, 5.74) is 4.20. The predicted molar refractivity (Wildman–Crippen MR) is 89.2 cm³/mol. The van der Waals surface area contributed by atoms with Gasteiger partial charge in [0.15, 0.2) is 6.79 Å². The lowest BCUT2D eigenvalue weighted by atomic mass is 9.93. The fourth-order valence-corrected chi connectivity index (χ4v) is 3.41. The number of halogens is 1. The molecule has 0 unspecified atom stereocenters. The van der Waals surface area contributed by atoms with E-state index in [0.29, 0.717) is 29.5 Å². The van der Waals surface area contributed by atoms with E-state index in [-0.39, 0.29) is 12.9 Å². The molecule has 0 spiro atoms. The number of hydrogen-bond donors (Lipinski definition) is 1. The number of hydrogen-bond acceptors (Lipinski definition) is 5. The fourth-order valence-electron chi connectivity index (χ4n) is 3.16. The first-order valence-corrected chi connectivity index (χ1v) is 8.05. The van der Waals surface area contributed by atoms with Crippen LogP contribution >= 0.6 is 11.6 Å². The van der Waals surface area contributed by atoms with Crippen molar-refractivity contribution in [3.63, 3.8) is 0 Å². The quantitative estimate of drug-likeness (QED) is 0.621. The summed E-state index contributed by atoms with van der Waals surface area (Å²) in [7, 11) is 0. The molecule has 0 amide bonds. The molecule has 0 saturated heterocycles. The SMILES string of the molecule is Cc1ccc2c(c1)O[C@H](c1cc(Cl)cc3c1OCOC3)C/C2=N\O. The summed E-state index contributed by atoms with van der Waals surface area (Å²) in [6.07, 6.45) is 0.0968. The molecule has 24 heavy (non-hydrogen) atoms. The topological polar surface area (TPSA) is 60.3 Å². The van der Waals surface area contributed by atoms with Crippen LogP contribution in [0, 0.1) is 6.92 Å². The van der Waals surface area contributed by atoms with Gasteiger partial charge in [-0.2, -0.15) is 0 Å². The summed E-state index contributed by atoms with van der Waals surface area (Å²) >= 11 is 6.25. The molecule has 0 aromatic heterocycles. The third-order valence-electron chi connectivity index (χ3n) is 4.27. The molecule has 4 rings (SSSR count). The average molecular weight is 346 g/mol. The van der Waals surface area contributed by atoms with Crippen LogP contribution in [0.1, 0.15) is 34.8 Å². The van der Waals surface area contributed by atoms with E-state index >= 15 is 0 Å². The minimum atomic E-state index is -0.337. The molecule has 2 aromatic rings. The number of aryl methyl sites for hydroxylation is 1. The molecule has 1 N–H and O–H groups in total. The monoisotopic (exact) mass is 345 g/mol. The van der Waals surface area contributed by atoms with Gasteiger partial charge in [0.1, 0.15) is 17.6 Å². The summed E-state index contributed by atoms with van der Waals surface area (Å²) in [6.45, 7) is 2.64. The Kier molecular flexibility index (Phi) is 3.82. The molecule has 2 aliphatic heterocycles. The van der Waals surface area contributed by atoms with Crippen LogP contribution in [0.2, 0.25) is 5.02 Å². The second kappa shape index (κ2) is 6.00. The van der Waals surface area contributed by atoms with Gasteiger partial charge in [-0.15, -0.1) is 0 Å². The minimum absolute atomic E-state index is 0.199. The molecule has 5 nitrogen and oxygen atoms in total. The Morgan fingerprint density at radius 3 is 2.96 bits per heavy atom. The van der Waals surface area contributed by atoms with E-state index < -0.39 is 0 Å². The molecule has 1 atom stereocenters. The lowest BCUT2D eigenvalue weighted by molar-refractivity contribution is -0.0182. The Balaban J connectivity index is 1.80. The lowest BCUT2D eigenvalue weighted by Gasteiger charge is -2.30. The summed E-state index contributed by atoms with van der Waals surface area (Å²) in [5, 5.41) is 13.5. The van der Waals surface area contributed by atoms with Gasteiger partial charge in [0.2, 0.25) is 0 Å². The van der Waals surface area contributed by atoms with E-state index in [1.54, 1.807) is 0 Å². The molecule has 2 aromatic carbocycles. The lowest BCUT2D eigenvalue weighted by Crippen LogP contribution is -2.23. The number of benzene rings is 2. The van der Waals surface area contributed by atoms with Gasteiger partial charge in [0.25, 0.3) is 0 Å². The van der Waals surface area contributed by atoms with Crippen molar-refractivity contribution in [2.45, 2.75) is 26.1 Å². The van der Waals surface area contributed by atoms with Crippen molar-refractivity contribution < 1.29 is 19.4 Å². The van der Waals surface area contributed by atoms with Gasteiger partial charge in [0, 0.05) is 28.1 Å². The van der Waals surface area contributed by atoms with E-state index in [1.807, 2.05) is 37.3 Å². The Morgan fingerprint density at radius 1 is 1.25 bits per heavy atom. The molecule has 2 heterocycles. The first-order valence-electron chi connectivity index (χ1n) is 7.67. The van der Waals surface area contributed by atoms with Crippen LogP contribution in [0.3, 0.4) is 0 Å². The molecule has 0 fully saturated rings. The zero-order valence-corrected chi connectivity index (χ0v) is 13.8.